The van der Waals surface area contributed by atoms with Gasteiger partial charge in [-0.05, 0) is 36.2 Å². The second-order valence-corrected chi connectivity index (χ2v) is 6.83. The SMILES string of the molecule is O=C(c1ccc(Br)cc1)N1CCCN(Cc2ccccc2)CC1. The fourth-order valence-electron chi connectivity index (χ4n) is 2.95. The van der Waals surface area contributed by atoms with Crippen LogP contribution in [0.25, 0.3) is 0 Å². The van der Waals surface area contributed by atoms with E-state index in [1.807, 2.05) is 35.2 Å². The summed E-state index contributed by atoms with van der Waals surface area (Å²) in [5, 5.41) is 0. The topological polar surface area (TPSA) is 23.6 Å². The molecule has 0 atom stereocenters. The Hall–Kier alpha value is -1.65. The molecule has 3 nitrogen and oxygen atoms in total. The minimum atomic E-state index is 0.138. The van der Waals surface area contributed by atoms with Gasteiger partial charge in [-0.15, -0.1) is 0 Å². The van der Waals surface area contributed by atoms with Crippen LogP contribution in [0.3, 0.4) is 0 Å². The second-order valence-electron chi connectivity index (χ2n) is 5.91. The molecule has 2 aromatic carbocycles. The van der Waals surface area contributed by atoms with Crippen LogP contribution in [-0.2, 0) is 6.54 Å². The first-order chi connectivity index (χ1) is 11.2. The van der Waals surface area contributed by atoms with Gasteiger partial charge in [-0.2, -0.15) is 0 Å². The maximum atomic E-state index is 12.6. The first kappa shape index (κ1) is 16.2. The zero-order valence-corrected chi connectivity index (χ0v) is 14.7. The molecule has 4 heteroatoms. The van der Waals surface area contributed by atoms with Crippen LogP contribution in [-0.4, -0.2) is 41.9 Å². The Morgan fingerprint density at radius 1 is 0.913 bits per heavy atom. The number of benzene rings is 2. The molecule has 23 heavy (non-hydrogen) atoms. The van der Waals surface area contributed by atoms with Crippen molar-refractivity contribution in [3.8, 4) is 0 Å². The lowest BCUT2D eigenvalue weighted by Gasteiger charge is -2.22. The summed E-state index contributed by atoms with van der Waals surface area (Å²) in [5.74, 6) is 0.138. The minimum absolute atomic E-state index is 0.138. The van der Waals surface area contributed by atoms with Crippen molar-refractivity contribution < 1.29 is 4.79 Å². The maximum absolute atomic E-state index is 12.6. The summed E-state index contributed by atoms with van der Waals surface area (Å²) in [6.07, 6.45) is 1.02. The predicted molar refractivity (Wildman–Crippen MR) is 96.4 cm³/mol. The van der Waals surface area contributed by atoms with Gasteiger partial charge in [-0.3, -0.25) is 9.69 Å². The molecule has 1 fully saturated rings. The molecule has 1 aliphatic rings. The van der Waals surface area contributed by atoms with Crippen molar-refractivity contribution >= 4 is 21.8 Å². The van der Waals surface area contributed by atoms with Gasteiger partial charge in [0.05, 0.1) is 0 Å². The molecule has 1 aliphatic heterocycles. The molecular weight excluding hydrogens is 352 g/mol. The van der Waals surface area contributed by atoms with Gasteiger partial charge in [0, 0.05) is 42.8 Å². The van der Waals surface area contributed by atoms with Gasteiger partial charge in [0.15, 0.2) is 0 Å². The monoisotopic (exact) mass is 372 g/mol. The van der Waals surface area contributed by atoms with Gasteiger partial charge < -0.3 is 4.90 Å². The Morgan fingerprint density at radius 3 is 2.39 bits per heavy atom. The molecular formula is C19H21BrN2O. The van der Waals surface area contributed by atoms with Crippen molar-refractivity contribution in [2.75, 3.05) is 26.2 Å². The van der Waals surface area contributed by atoms with Crippen LogP contribution in [0.5, 0.6) is 0 Å². The molecule has 0 saturated carbocycles. The summed E-state index contributed by atoms with van der Waals surface area (Å²) >= 11 is 3.41. The Balaban J connectivity index is 1.59. The third-order valence-electron chi connectivity index (χ3n) is 4.22. The number of carbonyl (C=O) groups excluding carboxylic acids is 1. The zero-order valence-electron chi connectivity index (χ0n) is 13.1. The minimum Gasteiger partial charge on any atom is -0.337 e. The Labute approximate surface area is 146 Å². The molecule has 0 N–H and O–H groups in total. The van der Waals surface area contributed by atoms with Crippen molar-refractivity contribution in [1.82, 2.24) is 9.80 Å². The van der Waals surface area contributed by atoms with Gasteiger partial charge in [-0.1, -0.05) is 46.3 Å². The Morgan fingerprint density at radius 2 is 1.65 bits per heavy atom. The van der Waals surface area contributed by atoms with E-state index in [1.54, 1.807) is 0 Å². The van der Waals surface area contributed by atoms with E-state index >= 15 is 0 Å². The third-order valence-corrected chi connectivity index (χ3v) is 4.74. The number of halogens is 1. The van der Waals surface area contributed by atoms with Crippen molar-refractivity contribution in [1.29, 1.82) is 0 Å². The largest absolute Gasteiger partial charge is 0.337 e. The molecule has 0 aromatic heterocycles. The smallest absolute Gasteiger partial charge is 0.253 e. The lowest BCUT2D eigenvalue weighted by molar-refractivity contribution is 0.0761. The highest BCUT2D eigenvalue weighted by atomic mass is 79.9. The fourth-order valence-corrected chi connectivity index (χ4v) is 3.21. The molecule has 0 unspecified atom stereocenters. The summed E-state index contributed by atoms with van der Waals surface area (Å²) in [6, 6.07) is 18.2. The van der Waals surface area contributed by atoms with E-state index in [9.17, 15) is 4.79 Å². The number of hydrogen-bond acceptors (Lipinski definition) is 2. The molecule has 0 radical (unpaired) electrons. The quantitative estimate of drug-likeness (QED) is 0.817. The van der Waals surface area contributed by atoms with Crippen LogP contribution in [0.15, 0.2) is 59.1 Å². The van der Waals surface area contributed by atoms with Gasteiger partial charge in [-0.25, -0.2) is 0 Å². The molecule has 1 heterocycles. The summed E-state index contributed by atoms with van der Waals surface area (Å²) in [6.45, 7) is 4.55. The average molecular weight is 373 g/mol. The van der Waals surface area contributed by atoms with Gasteiger partial charge in [0.1, 0.15) is 0 Å². The van der Waals surface area contributed by atoms with E-state index in [0.717, 1.165) is 49.2 Å². The van der Waals surface area contributed by atoms with E-state index in [4.69, 9.17) is 0 Å². The van der Waals surface area contributed by atoms with Crippen LogP contribution < -0.4 is 0 Å². The van der Waals surface area contributed by atoms with Crippen molar-refractivity contribution in [3.05, 3.63) is 70.2 Å². The summed E-state index contributed by atoms with van der Waals surface area (Å²) in [4.78, 5) is 17.0. The Bertz CT molecular complexity index is 642. The lowest BCUT2D eigenvalue weighted by Crippen LogP contribution is -2.35. The summed E-state index contributed by atoms with van der Waals surface area (Å²) < 4.78 is 0.999. The van der Waals surface area contributed by atoms with Crippen molar-refractivity contribution in [2.45, 2.75) is 13.0 Å². The molecule has 3 rings (SSSR count). The van der Waals surface area contributed by atoms with Crippen molar-refractivity contribution in [2.24, 2.45) is 0 Å². The highest BCUT2D eigenvalue weighted by Gasteiger charge is 2.20. The third kappa shape index (κ3) is 4.43. The van der Waals surface area contributed by atoms with Gasteiger partial charge >= 0.3 is 0 Å². The van der Waals surface area contributed by atoms with Crippen LogP contribution in [0, 0.1) is 0 Å². The summed E-state index contributed by atoms with van der Waals surface area (Å²) in [5.41, 5.74) is 2.10. The summed E-state index contributed by atoms with van der Waals surface area (Å²) in [7, 11) is 0. The Kier molecular flexibility index (Phi) is 5.47. The highest BCUT2D eigenvalue weighted by Crippen LogP contribution is 2.14. The molecule has 0 spiro atoms. The molecule has 2 aromatic rings. The number of carbonyl (C=O) groups is 1. The van der Waals surface area contributed by atoms with Crippen LogP contribution in [0.2, 0.25) is 0 Å². The van der Waals surface area contributed by atoms with E-state index in [2.05, 4.69) is 45.1 Å². The normalized spacial score (nSPS) is 16.1. The van der Waals surface area contributed by atoms with E-state index in [1.165, 1.54) is 5.56 Å². The van der Waals surface area contributed by atoms with Crippen molar-refractivity contribution in [3.63, 3.8) is 0 Å². The standard InChI is InChI=1S/C19H21BrN2O/c20-18-9-7-17(8-10-18)19(23)22-12-4-11-21(13-14-22)15-16-5-2-1-3-6-16/h1-3,5-10H,4,11-15H2. The number of amides is 1. The molecule has 0 bridgehead atoms. The lowest BCUT2D eigenvalue weighted by atomic mass is 10.2. The van der Waals surface area contributed by atoms with Crippen LogP contribution in [0.1, 0.15) is 22.3 Å². The maximum Gasteiger partial charge on any atom is 0.253 e. The molecule has 120 valence electrons. The second kappa shape index (κ2) is 7.75. The number of rotatable bonds is 3. The molecule has 0 aliphatic carbocycles. The first-order valence-corrected chi connectivity index (χ1v) is 8.83. The van der Waals surface area contributed by atoms with Gasteiger partial charge in [0.2, 0.25) is 0 Å². The fraction of sp³-hybridized carbons (Fsp3) is 0.316. The van der Waals surface area contributed by atoms with Crippen LogP contribution in [0.4, 0.5) is 0 Å². The number of nitrogens with zero attached hydrogens (tertiary/aromatic N) is 2. The highest BCUT2D eigenvalue weighted by molar-refractivity contribution is 9.10. The molecule has 1 saturated heterocycles. The van der Waals surface area contributed by atoms with Gasteiger partial charge in [0.25, 0.3) is 5.91 Å². The van der Waals surface area contributed by atoms with E-state index in [0.29, 0.717) is 0 Å². The molecule has 1 amide bonds. The van der Waals surface area contributed by atoms with E-state index < -0.39 is 0 Å². The van der Waals surface area contributed by atoms with E-state index in [-0.39, 0.29) is 5.91 Å². The predicted octanol–water partition coefficient (Wildman–Crippen LogP) is 3.80. The average Bonchev–Trinajstić information content (AvgIpc) is 2.81. The number of hydrogen-bond donors (Lipinski definition) is 0. The van der Waals surface area contributed by atoms with Crippen LogP contribution >= 0.6 is 15.9 Å². The first-order valence-electron chi connectivity index (χ1n) is 8.03. The zero-order chi connectivity index (χ0) is 16.1.